The molecule has 0 saturated carbocycles. The van der Waals surface area contributed by atoms with Crippen molar-refractivity contribution >= 4 is 42.4 Å². The molecule has 2 rings (SSSR count). The molecule has 1 aromatic carbocycles. The Labute approximate surface area is 155 Å². The molecular weight excluding hydrogens is 415 g/mol. The number of furan rings is 1. The average molecular weight is 441 g/mol. The lowest BCUT2D eigenvalue weighted by Gasteiger charge is -2.29. The Bertz CT molecular complexity index is 613. The fourth-order valence-electron chi connectivity index (χ4n) is 2.22. The van der Waals surface area contributed by atoms with Crippen LogP contribution in [0.5, 0.6) is 0 Å². The lowest BCUT2D eigenvalue weighted by Crippen LogP contribution is -2.28. The van der Waals surface area contributed by atoms with Crippen molar-refractivity contribution in [3.05, 3.63) is 46.3 Å². The van der Waals surface area contributed by atoms with Gasteiger partial charge in [0.05, 0.1) is 14.9 Å². The second-order valence-electron chi connectivity index (χ2n) is 6.84. The Balaban J connectivity index is 1.94. The van der Waals surface area contributed by atoms with Gasteiger partial charge in [0, 0.05) is 18.4 Å². The second kappa shape index (κ2) is 8.49. The van der Waals surface area contributed by atoms with Crippen molar-refractivity contribution in [1.82, 2.24) is 0 Å². The normalized spacial score (nSPS) is 14.2. The van der Waals surface area contributed by atoms with Crippen molar-refractivity contribution in [1.29, 1.82) is 0 Å². The van der Waals surface area contributed by atoms with Gasteiger partial charge in [-0.1, -0.05) is 67.7 Å². The van der Waals surface area contributed by atoms with E-state index in [0.717, 1.165) is 30.8 Å². The summed E-state index contributed by atoms with van der Waals surface area (Å²) in [5.41, 5.74) is 0.967. The predicted octanol–water partition coefficient (Wildman–Crippen LogP) is 6.23. The van der Waals surface area contributed by atoms with Crippen molar-refractivity contribution < 1.29 is 9.15 Å². The van der Waals surface area contributed by atoms with Gasteiger partial charge in [0.2, 0.25) is 0 Å². The summed E-state index contributed by atoms with van der Waals surface area (Å²) in [6, 6.07) is 10.3. The molecule has 2 nitrogen and oxygen atoms in total. The van der Waals surface area contributed by atoms with Gasteiger partial charge in [0.25, 0.3) is 0 Å². The molecule has 0 saturated heterocycles. The summed E-state index contributed by atoms with van der Waals surface area (Å²) in [7, 11) is -0.374. The maximum absolute atomic E-state index is 6.20. The van der Waals surface area contributed by atoms with E-state index in [4.69, 9.17) is 9.15 Å². The standard InChI is InChI=1S/C19H26IO2Si/c1-19(2,23(3)4)14-21-16(11-12-20)9-10-17-13-15-7-5-6-8-18(15)22-17/h5-8,11-13,16H,9-10,14H2,1-4H3/b12-11+. The number of fused-ring (bicyclic) bond motifs is 1. The van der Waals surface area contributed by atoms with Crippen molar-refractivity contribution in [2.45, 2.75) is 50.9 Å². The number of para-hydroxylation sites is 1. The molecule has 4 heteroatoms. The van der Waals surface area contributed by atoms with E-state index in [0.29, 0.717) is 5.04 Å². The Morgan fingerprint density at radius 3 is 2.70 bits per heavy atom. The molecule has 0 aliphatic heterocycles. The molecule has 0 amide bonds. The number of halogens is 1. The van der Waals surface area contributed by atoms with E-state index >= 15 is 0 Å². The van der Waals surface area contributed by atoms with Crippen LogP contribution in [-0.4, -0.2) is 21.5 Å². The number of rotatable bonds is 8. The predicted molar refractivity (Wildman–Crippen MR) is 109 cm³/mol. The first-order valence-corrected chi connectivity index (χ1v) is 11.8. The molecule has 1 unspecified atom stereocenters. The van der Waals surface area contributed by atoms with Gasteiger partial charge in [0.1, 0.15) is 11.3 Å². The summed E-state index contributed by atoms with van der Waals surface area (Å²) >= 11 is 2.26. The summed E-state index contributed by atoms with van der Waals surface area (Å²) in [6.45, 7) is 10.1. The first-order valence-electron chi connectivity index (χ1n) is 8.09. The summed E-state index contributed by atoms with van der Waals surface area (Å²) in [6.07, 6.45) is 4.15. The van der Waals surface area contributed by atoms with Crippen LogP contribution >= 0.6 is 22.6 Å². The van der Waals surface area contributed by atoms with Crippen LogP contribution in [0, 0.1) is 0 Å². The number of ether oxygens (including phenoxy) is 1. The molecule has 1 heterocycles. The number of aryl methyl sites for hydroxylation is 1. The topological polar surface area (TPSA) is 22.4 Å². The van der Waals surface area contributed by atoms with Crippen molar-refractivity contribution in [3.63, 3.8) is 0 Å². The number of hydrogen-bond acceptors (Lipinski definition) is 2. The average Bonchev–Trinajstić information content (AvgIpc) is 2.92. The van der Waals surface area contributed by atoms with E-state index in [2.05, 4.69) is 71.8 Å². The van der Waals surface area contributed by atoms with E-state index < -0.39 is 0 Å². The molecule has 23 heavy (non-hydrogen) atoms. The lowest BCUT2D eigenvalue weighted by atomic mass is 10.1. The van der Waals surface area contributed by atoms with E-state index in [1.165, 1.54) is 5.39 Å². The molecule has 1 radical (unpaired) electrons. The zero-order valence-corrected chi connectivity index (χ0v) is 17.6. The van der Waals surface area contributed by atoms with Crippen molar-refractivity contribution in [2.75, 3.05) is 6.61 Å². The molecule has 0 aliphatic carbocycles. The van der Waals surface area contributed by atoms with E-state index in [1.807, 2.05) is 18.2 Å². The maximum atomic E-state index is 6.20. The number of hydrogen-bond donors (Lipinski definition) is 0. The zero-order chi connectivity index (χ0) is 16.9. The Morgan fingerprint density at radius 2 is 2.04 bits per heavy atom. The molecule has 0 fully saturated rings. The van der Waals surface area contributed by atoms with Crippen LogP contribution in [-0.2, 0) is 11.2 Å². The molecule has 0 aliphatic rings. The van der Waals surface area contributed by atoms with Gasteiger partial charge in [-0.05, 0) is 33.8 Å². The van der Waals surface area contributed by atoms with Gasteiger partial charge in [-0.3, -0.25) is 0 Å². The van der Waals surface area contributed by atoms with Crippen molar-refractivity contribution in [2.24, 2.45) is 0 Å². The molecule has 125 valence electrons. The highest BCUT2D eigenvalue weighted by Crippen LogP contribution is 2.29. The lowest BCUT2D eigenvalue weighted by molar-refractivity contribution is 0.0628. The summed E-state index contributed by atoms with van der Waals surface area (Å²) in [5, 5.41) is 1.47. The minimum atomic E-state index is -0.374. The highest BCUT2D eigenvalue weighted by atomic mass is 127. The Hall–Kier alpha value is -0.593. The van der Waals surface area contributed by atoms with Gasteiger partial charge in [-0.15, -0.1) is 0 Å². The first kappa shape index (κ1) is 18.7. The molecule has 0 spiro atoms. The molecule has 1 atom stereocenters. The van der Waals surface area contributed by atoms with E-state index in [1.54, 1.807) is 0 Å². The summed E-state index contributed by atoms with van der Waals surface area (Å²) < 4.78 is 14.2. The van der Waals surface area contributed by atoms with Crippen LogP contribution in [0.1, 0.15) is 26.0 Å². The second-order valence-corrected chi connectivity index (χ2v) is 10.9. The van der Waals surface area contributed by atoms with Gasteiger partial charge in [-0.25, -0.2) is 0 Å². The van der Waals surface area contributed by atoms with Gasteiger partial charge in [-0.2, -0.15) is 0 Å². The van der Waals surface area contributed by atoms with E-state index in [9.17, 15) is 0 Å². The molecule has 2 aromatic rings. The third-order valence-corrected chi connectivity index (χ3v) is 7.72. The van der Waals surface area contributed by atoms with E-state index in [-0.39, 0.29) is 14.9 Å². The third kappa shape index (κ3) is 5.47. The van der Waals surface area contributed by atoms with Gasteiger partial charge < -0.3 is 9.15 Å². The Kier molecular flexibility index (Phi) is 6.92. The first-order chi connectivity index (χ1) is 10.9. The van der Waals surface area contributed by atoms with Crippen LogP contribution in [0.2, 0.25) is 18.1 Å². The minimum Gasteiger partial charge on any atom is -0.461 e. The van der Waals surface area contributed by atoms with Gasteiger partial charge >= 0.3 is 0 Å². The quantitative estimate of drug-likeness (QED) is 0.358. The molecule has 0 bridgehead atoms. The Morgan fingerprint density at radius 1 is 1.30 bits per heavy atom. The fraction of sp³-hybridized carbons (Fsp3) is 0.474. The van der Waals surface area contributed by atoms with Crippen LogP contribution in [0.3, 0.4) is 0 Å². The van der Waals surface area contributed by atoms with Crippen LogP contribution in [0.4, 0.5) is 0 Å². The van der Waals surface area contributed by atoms with Crippen LogP contribution in [0.15, 0.2) is 44.9 Å². The molecule has 0 N–H and O–H groups in total. The summed E-state index contributed by atoms with van der Waals surface area (Å²) in [4.78, 5) is 0. The maximum Gasteiger partial charge on any atom is 0.134 e. The van der Waals surface area contributed by atoms with Crippen LogP contribution in [0.25, 0.3) is 11.0 Å². The minimum absolute atomic E-state index is 0.153. The van der Waals surface area contributed by atoms with Crippen molar-refractivity contribution in [3.8, 4) is 0 Å². The molecule has 1 aromatic heterocycles. The van der Waals surface area contributed by atoms with Gasteiger partial charge in [0.15, 0.2) is 0 Å². The fourth-order valence-corrected chi connectivity index (χ4v) is 3.06. The zero-order valence-electron chi connectivity index (χ0n) is 14.4. The highest BCUT2D eigenvalue weighted by Gasteiger charge is 2.25. The smallest absolute Gasteiger partial charge is 0.134 e. The SMILES string of the molecule is C[Si](C)C(C)(C)COC(/C=C/I)CCc1cc2ccccc2o1. The highest BCUT2D eigenvalue weighted by molar-refractivity contribution is 14.1. The summed E-state index contributed by atoms with van der Waals surface area (Å²) in [5.74, 6) is 1.04. The largest absolute Gasteiger partial charge is 0.461 e. The van der Waals surface area contributed by atoms with Crippen LogP contribution < -0.4 is 0 Å². The third-order valence-electron chi connectivity index (χ3n) is 4.45. The molecular formula is C19H26IO2Si. The number of benzene rings is 1. The monoisotopic (exact) mass is 441 g/mol.